The van der Waals surface area contributed by atoms with E-state index in [1.54, 1.807) is 7.11 Å². The van der Waals surface area contributed by atoms with E-state index in [1.807, 2.05) is 30.3 Å². The van der Waals surface area contributed by atoms with Crippen LogP contribution < -0.4 is 15.0 Å². The summed E-state index contributed by atoms with van der Waals surface area (Å²) in [6.45, 7) is 0. The number of carbonyl (C=O) groups is 1. The number of nitrogens with one attached hydrogen (secondary N) is 2. The summed E-state index contributed by atoms with van der Waals surface area (Å²) in [6, 6.07) is 18.1. The number of anilines is 2. The Morgan fingerprint density at radius 1 is 1.13 bits per heavy atom. The average molecular weight is 405 g/mol. The molecule has 6 heteroatoms. The van der Waals surface area contributed by atoms with E-state index in [2.05, 4.69) is 58.8 Å². The van der Waals surface area contributed by atoms with Crippen LogP contribution in [0.3, 0.4) is 0 Å². The lowest BCUT2D eigenvalue weighted by Crippen LogP contribution is -2.23. The summed E-state index contributed by atoms with van der Waals surface area (Å²) in [5.74, 6) is 2.29. The van der Waals surface area contributed by atoms with Gasteiger partial charge < -0.3 is 15.0 Å². The lowest BCUT2D eigenvalue weighted by Gasteiger charge is -2.36. The van der Waals surface area contributed by atoms with E-state index in [4.69, 9.17) is 4.74 Å². The van der Waals surface area contributed by atoms with Crippen molar-refractivity contribution in [2.75, 3.05) is 31.4 Å². The third kappa shape index (κ3) is 4.32. The first kappa shape index (κ1) is 20.0. The quantitative estimate of drug-likeness (QED) is 0.615. The molecule has 0 bridgehead atoms. The number of para-hydroxylation sites is 1. The van der Waals surface area contributed by atoms with Gasteiger partial charge in [-0.25, -0.2) is 0 Å². The fourth-order valence-corrected chi connectivity index (χ4v) is 4.09. The Labute approximate surface area is 177 Å². The van der Waals surface area contributed by atoms with Crippen molar-refractivity contribution in [3.05, 3.63) is 71.4 Å². The number of carbonyl (C=O) groups excluding carboxylic acids is 1. The molecular formula is C24H28N4O2. The van der Waals surface area contributed by atoms with Gasteiger partial charge in [0.25, 0.3) is 0 Å². The van der Waals surface area contributed by atoms with Crippen molar-refractivity contribution in [2.24, 2.45) is 0 Å². The van der Waals surface area contributed by atoms with Crippen molar-refractivity contribution in [1.29, 1.82) is 0 Å². The van der Waals surface area contributed by atoms with Crippen molar-refractivity contribution < 1.29 is 9.53 Å². The largest absolute Gasteiger partial charge is 0.497 e. The minimum atomic E-state index is -0.0791. The Morgan fingerprint density at radius 2 is 1.87 bits per heavy atom. The van der Waals surface area contributed by atoms with Crippen LogP contribution in [-0.2, 0) is 11.2 Å². The maximum absolute atomic E-state index is 12.3. The zero-order chi connectivity index (χ0) is 21.1. The van der Waals surface area contributed by atoms with Gasteiger partial charge in [0.1, 0.15) is 5.75 Å². The lowest BCUT2D eigenvalue weighted by molar-refractivity contribution is -0.115. The summed E-state index contributed by atoms with van der Waals surface area (Å²) in [6.07, 6.45) is 2.48. The zero-order valence-corrected chi connectivity index (χ0v) is 17.7. The van der Waals surface area contributed by atoms with Crippen LogP contribution in [0, 0.1) is 0 Å². The summed E-state index contributed by atoms with van der Waals surface area (Å²) < 4.78 is 5.15. The number of H-pyrrole nitrogens is 1. The van der Waals surface area contributed by atoms with Gasteiger partial charge in [-0.15, -0.1) is 0 Å². The number of nitrogens with zero attached hydrogens (tertiary/aromatic N) is 2. The number of benzene rings is 2. The third-order valence-corrected chi connectivity index (χ3v) is 5.83. The second-order valence-electron chi connectivity index (χ2n) is 8.10. The summed E-state index contributed by atoms with van der Waals surface area (Å²) in [4.78, 5) is 14.5. The number of rotatable bonds is 7. The van der Waals surface area contributed by atoms with Gasteiger partial charge in [-0.1, -0.05) is 30.3 Å². The number of amides is 1. The first-order valence-corrected chi connectivity index (χ1v) is 10.3. The van der Waals surface area contributed by atoms with E-state index in [0.29, 0.717) is 24.1 Å². The van der Waals surface area contributed by atoms with Crippen molar-refractivity contribution in [2.45, 2.75) is 31.1 Å². The molecule has 6 nitrogen and oxygen atoms in total. The highest BCUT2D eigenvalue weighted by molar-refractivity contribution is 5.91. The van der Waals surface area contributed by atoms with Crippen molar-refractivity contribution >= 4 is 17.4 Å². The second kappa shape index (κ2) is 8.61. The molecule has 1 heterocycles. The van der Waals surface area contributed by atoms with E-state index in [1.165, 1.54) is 11.3 Å². The SMILES string of the molecule is COc1ccc(CC(=O)Nc2cc(C3CC(c4ccccc4N(C)C)C3)[nH]n2)cc1. The molecule has 2 aromatic carbocycles. The summed E-state index contributed by atoms with van der Waals surface area (Å²) in [5, 5.41) is 10.3. The smallest absolute Gasteiger partial charge is 0.229 e. The molecule has 1 saturated carbocycles. The fourth-order valence-electron chi connectivity index (χ4n) is 4.09. The highest BCUT2D eigenvalue weighted by atomic mass is 16.5. The normalized spacial score (nSPS) is 17.8. The second-order valence-corrected chi connectivity index (χ2v) is 8.10. The molecule has 0 spiro atoms. The van der Waals surface area contributed by atoms with Gasteiger partial charge in [-0.2, -0.15) is 5.10 Å². The Bertz CT molecular complexity index is 1000. The molecular weight excluding hydrogens is 376 g/mol. The molecule has 4 rings (SSSR count). The average Bonchev–Trinajstić information content (AvgIpc) is 3.15. The summed E-state index contributed by atoms with van der Waals surface area (Å²) in [7, 11) is 5.80. The first-order chi connectivity index (χ1) is 14.5. The number of methoxy groups -OCH3 is 1. The molecule has 1 aliphatic carbocycles. The van der Waals surface area contributed by atoms with Crippen LogP contribution in [-0.4, -0.2) is 37.3 Å². The molecule has 0 saturated heterocycles. The van der Waals surface area contributed by atoms with Gasteiger partial charge in [0, 0.05) is 37.5 Å². The number of hydrogen-bond acceptors (Lipinski definition) is 4. The highest BCUT2D eigenvalue weighted by Crippen LogP contribution is 2.49. The van der Waals surface area contributed by atoms with Gasteiger partial charge >= 0.3 is 0 Å². The fraction of sp³-hybridized carbons (Fsp3) is 0.333. The van der Waals surface area contributed by atoms with E-state index < -0.39 is 0 Å². The van der Waals surface area contributed by atoms with Gasteiger partial charge in [0.2, 0.25) is 5.91 Å². The number of aromatic nitrogens is 2. The van der Waals surface area contributed by atoms with Crippen molar-refractivity contribution in [1.82, 2.24) is 10.2 Å². The minimum Gasteiger partial charge on any atom is -0.497 e. The monoisotopic (exact) mass is 404 g/mol. The first-order valence-electron chi connectivity index (χ1n) is 10.3. The molecule has 0 radical (unpaired) electrons. The Balaban J connectivity index is 1.32. The maximum Gasteiger partial charge on any atom is 0.229 e. The van der Waals surface area contributed by atoms with Crippen LogP contribution in [0.5, 0.6) is 5.75 Å². The molecule has 156 valence electrons. The molecule has 0 atom stereocenters. The van der Waals surface area contributed by atoms with Crippen LogP contribution in [0.4, 0.5) is 11.5 Å². The molecule has 1 aliphatic rings. The third-order valence-electron chi connectivity index (χ3n) is 5.83. The predicted molar refractivity (Wildman–Crippen MR) is 119 cm³/mol. The lowest BCUT2D eigenvalue weighted by atomic mass is 9.69. The number of hydrogen-bond donors (Lipinski definition) is 2. The molecule has 1 aromatic heterocycles. The molecule has 0 unspecified atom stereocenters. The maximum atomic E-state index is 12.3. The van der Waals surface area contributed by atoms with Crippen LogP contribution >= 0.6 is 0 Å². The van der Waals surface area contributed by atoms with Gasteiger partial charge in [0.15, 0.2) is 5.82 Å². The van der Waals surface area contributed by atoms with Gasteiger partial charge in [-0.3, -0.25) is 9.89 Å². The van der Waals surface area contributed by atoms with Crippen LogP contribution in [0.25, 0.3) is 0 Å². The highest BCUT2D eigenvalue weighted by Gasteiger charge is 2.34. The summed E-state index contributed by atoms with van der Waals surface area (Å²) >= 11 is 0. The van der Waals surface area contributed by atoms with E-state index in [0.717, 1.165) is 29.8 Å². The Hall–Kier alpha value is -3.28. The van der Waals surface area contributed by atoms with Crippen LogP contribution in [0.15, 0.2) is 54.6 Å². The predicted octanol–water partition coefficient (Wildman–Crippen LogP) is 4.33. The molecule has 30 heavy (non-hydrogen) atoms. The Kier molecular flexibility index (Phi) is 5.74. The van der Waals surface area contributed by atoms with Crippen molar-refractivity contribution in [3.8, 4) is 5.75 Å². The molecule has 2 N–H and O–H groups in total. The van der Waals surface area contributed by atoms with Gasteiger partial charge in [0.05, 0.1) is 13.5 Å². The van der Waals surface area contributed by atoms with Gasteiger partial charge in [-0.05, 0) is 48.1 Å². The zero-order valence-electron chi connectivity index (χ0n) is 17.7. The minimum absolute atomic E-state index is 0.0791. The van der Waals surface area contributed by atoms with Crippen LogP contribution in [0.1, 0.15) is 41.5 Å². The molecule has 1 amide bonds. The number of aromatic amines is 1. The Morgan fingerprint density at radius 3 is 2.57 bits per heavy atom. The summed E-state index contributed by atoms with van der Waals surface area (Å²) in [5.41, 5.74) is 4.72. The van der Waals surface area contributed by atoms with E-state index >= 15 is 0 Å². The van der Waals surface area contributed by atoms with E-state index in [9.17, 15) is 4.79 Å². The van der Waals surface area contributed by atoms with Crippen LogP contribution in [0.2, 0.25) is 0 Å². The topological polar surface area (TPSA) is 70.2 Å². The number of ether oxygens (including phenoxy) is 1. The molecule has 3 aromatic rings. The molecule has 1 fully saturated rings. The standard InChI is InChI=1S/C24H28N4O2/c1-28(2)22-7-5-4-6-20(22)17-13-18(14-17)21-15-23(27-26-21)25-24(29)12-16-8-10-19(30-3)11-9-16/h4-11,15,17-18H,12-14H2,1-3H3,(H2,25,26,27,29). The molecule has 0 aliphatic heterocycles. The van der Waals surface area contributed by atoms with Crippen molar-refractivity contribution in [3.63, 3.8) is 0 Å². The van der Waals surface area contributed by atoms with E-state index in [-0.39, 0.29) is 5.91 Å².